The van der Waals surface area contributed by atoms with Crippen LogP contribution in [0, 0.1) is 0 Å². The van der Waals surface area contributed by atoms with Crippen molar-refractivity contribution in [2.45, 2.75) is 38.5 Å². The molecule has 120 valence electrons. The normalized spacial score (nSPS) is 15.2. The van der Waals surface area contributed by atoms with Crippen molar-refractivity contribution in [1.29, 1.82) is 0 Å². The monoisotopic (exact) mass is 299 g/mol. The second-order valence-corrected chi connectivity index (χ2v) is 5.34. The van der Waals surface area contributed by atoms with Crippen molar-refractivity contribution in [2.75, 3.05) is 33.2 Å². The lowest BCUT2D eigenvalue weighted by molar-refractivity contribution is -0.137. The first kappa shape index (κ1) is 17.3. The average molecular weight is 299 g/mol. The summed E-state index contributed by atoms with van der Waals surface area (Å²) in [7, 11) is 1.54. The van der Waals surface area contributed by atoms with E-state index in [1.165, 1.54) is 24.8 Å². The van der Waals surface area contributed by atoms with Crippen LogP contribution in [0.1, 0.15) is 38.5 Å². The first-order valence-corrected chi connectivity index (χ1v) is 7.49. The molecule has 1 aliphatic heterocycles. The fourth-order valence-corrected chi connectivity index (χ4v) is 2.25. The first-order chi connectivity index (χ1) is 10.0. The van der Waals surface area contributed by atoms with E-state index in [1.807, 2.05) is 4.90 Å². The zero-order valence-corrected chi connectivity index (χ0v) is 12.6. The maximum atomic E-state index is 12.0. The molecule has 0 unspecified atom stereocenters. The summed E-state index contributed by atoms with van der Waals surface area (Å²) in [4.78, 5) is 37.3. The summed E-state index contributed by atoms with van der Waals surface area (Å²) in [5.74, 6) is -0.864. The Balaban J connectivity index is 2.20. The number of nitrogens with one attached hydrogen (secondary N) is 1. The van der Waals surface area contributed by atoms with Crippen LogP contribution in [0.2, 0.25) is 0 Å². The van der Waals surface area contributed by atoms with Gasteiger partial charge in [0.1, 0.15) is 0 Å². The number of carbonyl (C=O) groups is 3. The lowest BCUT2D eigenvalue weighted by Crippen LogP contribution is -2.40. The SMILES string of the molecule is CN(CCC(=O)O)C(=O)NCCC(=O)N1CCCCCC1. The molecule has 1 aliphatic rings. The van der Waals surface area contributed by atoms with Crippen LogP contribution in [0.15, 0.2) is 0 Å². The summed E-state index contributed by atoms with van der Waals surface area (Å²) >= 11 is 0. The van der Waals surface area contributed by atoms with Crippen LogP contribution in [-0.4, -0.2) is 66.0 Å². The van der Waals surface area contributed by atoms with E-state index >= 15 is 0 Å². The molecule has 0 aromatic rings. The number of hydrogen-bond acceptors (Lipinski definition) is 3. The van der Waals surface area contributed by atoms with E-state index in [0.29, 0.717) is 6.42 Å². The number of carbonyl (C=O) groups excluding carboxylic acids is 2. The smallest absolute Gasteiger partial charge is 0.317 e. The first-order valence-electron chi connectivity index (χ1n) is 7.49. The van der Waals surface area contributed by atoms with Gasteiger partial charge in [-0.15, -0.1) is 0 Å². The topological polar surface area (TPSA) is 90.0 Å². The average Bonchev–Trinajstić information content (AvgIpc) is 2.73. The number of carboxylic acid groups (broad SMARTS) is 1. The van der Waals surface area contributed by atoms with Crippen LogP contribution >= 0.6 is 0 Å². The highest BCUT2D eigenvalue weighted by Gasteiger charge is 2.16. The predicted octanol–water partition coefficient (Wildman–Crippen LogP) is 0.895. The maximum Gasteiger partial charge on any atom is 0.317 e. The molecule has 7 heteroatoms. The fourth-order valence-electron chi connectivity index (χ4n) is 2.25. The molecule has 0 saturated carbocycles. The van der Waals surface area contributed by atoms with Crippen molar-refractivity contribution in [3.8, 4) is 0 Å². The van der Waals surface area contributed by atoms with Crippen molar-refractivity contribution in [1.82, 2.24) is 15.1 Å². The quantitative estimate of drug-likeness (QED) is 0.762. The van der Waals surface area contributed by atoms with Crippen molar-refractivity contribution < 1.29 is 19.5 Å². The summed E-state index contributed by atoms with van der Waals surface area (Å²) in [5, 5.41) is 11.2. The van der Waals surface area contributed by atoms with Crippen LogP contribution in [-0.2, 0) is 9.59 Å². The van der Waals surface area contributed by atoms with E-state index in [9.17, 15) is 14.4 Å². The highest BCUT2D eigenvalue weighted by atomic mass is 16.4. The molecule has 0 aliphatic carbocycles. The van der Waals surface area contributed by atoms with Crippen LogP contribution < -0.4 is 5.32 Å². The standard InChI is InChI=1S/C14H25N3O4/c1-16(11-7-13(19)20)14(21)15-8-6-12(18)17-9-4-2-3-5-10-17/h2-11H2,1H3,(H,15,21)(H,19,20). The number of aliphatic carboxylic acids is 1. The van der Waals surface area contributed by atoms with Gasteiger partial charge < -0.3 is 20.2 Å². The van der Waals surface area contributed by atoms with Gasteiger partial charge in [0.05, 0.1) is 6.42 Å². The lowest BCUT2D eigenvalue weighted by atomic mass is 10.2. The lowest BCUT2D eigenvalue weighted by Gasteiger charge is -2.21. The molecule has 1 rings (SSSR count). The summed E-state index contributed by atoms with van der Waals surface area (Å²) < 4.78 is 0. The number of rotatable bonds is 6. The van der Waals surface area contributed by atoms with Crippen molar-refractivity contribution >= 4 is 17.9 Å². The van der Waals surface area contributed by atoms with Gasteiger partial charge in [-0.05, 0) is 12.8 Å². The minimum absolute atomic E-state index is 0.0744. The fraction of sp³-hybridized carbons (Fsp3) is 0.786. The summed E-state index contributed by atoms with van der Waals surface area (Å²) in [6.45, 7) is 2.06. The molecule has 3 amide bonds. The second kappa shape index (κ2) is 9.20. The molecule has 0 aromatic heterocycles. The van der Waals surface area contributed by atoms with E-state index in [4.69, 9.17) is 5.11 Å². The zero-order valence-electron chi connectivity index (χ0n) is 12.6. The van der Waals surface area contributed by atoms with Gasteiger partial charge in [-0.1, -0.05) is 12.8 Å². The Morgan fingerprint density at radius 2 is 1.71 bits per heavy atom. The van der Waals surface area contributed by atoms with E-state index in [0.717, 1.165) is 25.9 Å². The molecule has 2 N–H and O–H groups in total. The van der Waals surface area contributed by atoms with Gasteiger partial charge in [-0.3, -0.25) is 9.59 Å². The van der Waals surface area contributed by atoms with Gasteiger partial charge in [0.25, 0.3) is 0 Å². The number of likely N-dealkylation sites (tertiary alicyclic amines) is 1. The Bertz CT molecular complexity index is 365. The largest absolute Gasteiger partial charge is 0.481 e. The number of urea groups is 1. The number of carboxylic acids is 1. The minimum atomic E-state index is -0.939. The van der Waals surface area contributed by atoms with Gasteiger partial charge in [0.2, 0.25) is 5.91 Å². The van der Waals surface area contributed by atoms with Crippen LogP contribution in [0.25, 0.3) is 0 Å². The molecule has 0 bridgehead atoms. The van der Waals surface area contributed by atoms with Gasteiger partial charge in [-0.25, -0.2) is 4.79 Å². The number of nitrogens with zero attached hydrogens (tertiary/aromatic N) is 2. The molecule has 7 nitrogen and oxygen atoms in total. The van der Waals surface area contributed by atoms with E-state index < -0.39 is 5.97 Å². The highest BCUT2D eigenvalue weighted by molar-refractivity contribution is 5.78. The number of amides is 3. The van der Waals surface area contributed by atoms with Crippen molar-refractivity contribution in [2.24, 2.45) is 0 Å². The Kier molecular flexibility index (Phi) is 7.56. The maximum absolute atomic E-state index is 12.0. The van der Waals surface area contributed by atoms with E-state index in [-0.39, 0.29) is 31.4 Å². The summed E-state index contributed by atoms with van der Waals surface area (Å²) in [6, 6.07) is -0.347. The molecular weight excluding hydrogens is 274 g/mol. The molecule has 1 heterocycles. The van der Waals surface area contributed by atoms with E-state index in [1.54, 1.807) is 0 Å². The van der Waals surface area contributed by atoms with Gasteiger partial charge in [-0.2, -0.15) is 0 Å². The molecule has 1 fully saturated rings. The Labute approximate surface area is 125 Å². The van der Waals surface area contributed by atoms with Crippen molar-refractivity contribution in [3.63, 3.8) is 0 Å². The van der Waals surface area contributed by atoms with Crippen LogP contribution in [0.4, 0.5) is 4.79 Å². The third-order valence-corrected chi connectivity index (χ3v) is 3.58. The Morgan fingerprint density at radius 3 is 2.29 bits per heavy atom. The number of hydrogen-bond donors (Lipinski definition) is 2. The third kappa shape index (κ3) is 6.97. The predicted molar refractivity (Wildman–Crippen MR) is 77.9 cm³/mol. The van der Waals surface area contributed by atoms with Crippen LogP contribution in [0.3, 0.4) is 0 Å². The zero-order chi connectivity index (χ0) is 15.7. The molecule has 1 saturated heterocycles. The Morgan fingerprint density at radius 1 is 1.10 bits per heavy atom. The molecule has 0 aromatic carbocycles. The second-order valence-electron chi connectivity index (χ2n) is 5.34. The summed E-state index contributed by atoms with van der Waals surface area (Å²) in [6.07, 6.45) is 4.66. The van der Waals surface area contributed by atoms with Gasteiger partial charge >= 0.3 is 12.0 Å². The van der Waals surface area contributed by atoms with Crippen molar-refractivity contribution in [3.05, 3.63) is 0 Å². The Hall–Kier alpha value is -1.79. The van der Waals surface area contributed by atoms with Crippen LogP contribution in [0.5, 0.6) is 0 Å². The molecular formula is C14H25N3O4. The summed E-state index contributed by atoms with van der Waals surface area (Å²) in [5.41, 5.74) is 0. The van der Waals surface area contributed by atoms with E-state index in [2.05, 4.69) is 5.32 Å². The highest BCUT2D eigenvalue weighted by Crippen LogP contribution is 2.10. The van der Waals surface area contributed by atoms with Gasteiger partial charge in [0, 0.05) is 39.6 Å². The third-order valence-electron chi connectivity index (χ3n) is 3.58. The molecule has 0 radical (unpaired) electrons. The molecule has 0 spiro atoms. The molecule has 21 heavy (non-hydrogen) atoms. The minimum Gasteiger partial charge on any atom is -0.481 e. The molecule has 0 atom stereocenters. The van der Waals surface area contributed by atoms with Gasteiger partial charge in [0.15, 0.2) is 0 Å².